The average Bonchev–Trinajstić information content (AvgIpc) is 3.14. The van der Waals surface area contributed by atoms with Gasteiger partial charge in [0.1, 0.15) is 28.8 Å². The number of nitrogens with zero attached hydrogens (tertiary/aromatic N) is 2. The minimum absolute atomic E-state index is 0.0545. The van der Waals surface area contributed by atoms with E-state index in [0.29, 0.717) is 17.0 Å². The molecule has 1 aliphatic heterocycles. The van der Waals surface area contributed by atoms with Crippen molar-refractivity contribution in [3.63, 3.8) is 0 Å². The van der Waals surface area contributed by atoms with Crippen molar-refractivity contribution in [1.29, 1.82) is 0 Å². The first kappa shape index (κ1) is 19.1. The summed E-state index contributed by atoms with van der Waals surface area (Å²) in [4.78, 5) is 12.6. The van der Waals surface area contributed by atoms with Gasteiger partial charge in [0.25, 0.3) is 5.91 Å². The summed E-state index contributed by atoms with van der Waals surface area (Å²) in [5.74, 6) is -3.04. The smallest absolute Gasteiger partial charge is 0.262 e. The number of fused-ring (bicyclic) bond motifs is 1. The summed E-state index contributed by atoms with van der Waals surface area (Å²) in [6.45, 7) is 0. The zero-order valence-electron chi connectivity index (χ0n) is 15.1. The molecule has 3 aromatic rings. The number of aromatic nitrogens is 2. The van der Waals surface area contributed by atoms with Gasteiger partial charge in [-0.2, -0.15) is 5.10 Å². The van der Waals surface area contributed by atoms with E-state index in [2.05, 4.69) is 10.4 Å². The van der Waals surface area contributed by atoms with Crippen molar-refractivity contribution in [2.24, 2.45) is 0 Å². The van der Waals surface area contributed by atoms with E-state index in [9.17, 15) is 22.0 Å². The number of carbonyl (C=O) groups is 1. The van der Waals surface area contributed by atoms with Crippen molar-refractivity contribution in [2.45, 2.75) is 11.5 Å². The number of ether oxygens (including phenoxy) is 1. The summed E-state index contributed by atoms with van der Waals surface area (Å²) in [5.41, 5.74) is 0.336. The van der Waals surface area contributed by atoms with Crippen molar-refractivity contribution in [3.8, 4) is 11.4 Å². The van der Waals surface area contributed by atoms with E-state index in [0.717, 1.165) is 18.2 Å². The second-order valence-corrected chi connectivity index (χ2v) is 8.53. The number of anilines is 1. The van der Waals surface area contributed by atoms with Crippen LogP contribution in [-0.2, 0) is 21.3 Å². The molecule has 0 radical (unpaired) electrons. The molecule has 29 heavy (non-hydrogen) atoms. The van der Waals surface area contributed by atoms with Gasteiger partial charge in [-0.05, 0) is 36.4 Å². The lowest BCUT2D eigenvalue weighted by molar-refractivity contribution is 0.101. The standard InChI is InChI=1S/C19H15F2N3O4S/c1-28-12-7-5-11(6-8-12)24-18(13-9-29(26,27)10-16(13)23-24)22-19(25)17-14(20)3-2-4-15(17)21/h2-8H,9-10H2,1H3,(H,22,25). The molecule has 7 nitrogen and oxygen atoms in total. The summed E-state index contributed by atoms with van der Waals surface area (Å²) >= 11 is 0. The van der Waals surface area contributed by atoms with Crippen LogP contribution < -0.4 is 10.1 Å². The zero-order chi connectivity index (χ0) is 20.8. The van der Waals surface area contributed by atoms with E-state index in [1.165, 1.54) is 11.8 Å². The molecular weight excluding hydrogens is 404 g/mol. The molecule has 4 rings (SSSR count). The largest absolute Gasteiger partial charge is 0.497 e. The fourth-order valence-electron chi connectivity index (χ4n) is 3.17. The van der Waals surface area contributed by atoms with E-state index in [1.54, 1.807) is 24.3 Å². The lowest BCUT2D eigenvalue weighted by Crippen LogP contribution is -2.19. The van der Waals surface area contributed by atoms with E-state index in [4.69, 9.17) is 4.74 Å². The molecule has 1 amide bonds. The van der Waals surface area contributed by atoms with Crippen molar-refractivity contribution in [2.75, 3.05) is 12.4 Å². The normalized spacial score (nSPS) is 14.4. The molecule has 0 fully saturated rings. The van der Waals surface area contributed by atoms with Crippen LogP contribution in [0.3, 0.4) is 0 Å². The summed E-state index contributed by atoms with van der Waals surface area (Å²) in [6.07, 6.45) is 0. The molecule has 0 saturated carbocycles. The Morgan fingerprint density at radius 2 is 1.76 bits per heavy atom. The minimum Gasteiger partial charge on any atom is -0.497 e. The zero-order valence-corrected chi connectivity index (χ0v) is 16.0. The Hall–Kier alpha value is -3.27. The Bertz CT molecular complexity index is 1200. The fraction of sp³-hybridized carbons (Fsp3) is 0.158. The maximum atomic E-state index is 14.0. The third-order valence-electron chi connectivity index (χ3n) is 4.53. The van der Waals surface area contributed by atoms with Gasteiger partial charge in [-0.1, -0.05) is 6.07 Å². The maximum absolute atomic E-state index is 14.0. The van der Waals surface area contributed by atoms with E-state index >= 15 is 0 Å². The summed E-state index contributed by atoms with van der Waals surface area (Å²) < 4.78 is 58.4. The van der Waals surface area contributed by atoms with Crippen LogP contribution in [0, 0.1) is 11.6 Å². The molecule has 1 aromatic heterocycles. The molecule has 0 saturated heterocycles. The Balaban J connectivity index is 1.80. The summed E-state index contributed by atoms with van der Waals surface area (Å²) in [5, 5.41) is 6.74. The van der Waals surface area contributed by atoms with Crippen molar-refractivity contribution >= 4 is 21.6 Å². The van der Waals surface area contributed by atoms with Gasteiger partial charge in [-0.3, -0.25) is 4.79 Å². The number of hydrogen-bond donors (Lipinski definition) is 1. The van der Waals surface area contributed by atoms with Crippen LogP contribution in [0.5, 0.6) is 5.75 Å². The SMILES string of the molecule is COc1ccc(-n2nc3c(c2NC(=O)c2c(F)cccc2F)CS(=O)(=O)C3)cc1. The number of nitrogens with one attached hydrogen (secondary N) is 1. The van der Waals surface area contributed by atoms with Gasteiger partial charge in [-0.15, -0.1) is 0 Å². The first-order valence-corrected chi connectivity index (χ1v) is 10.3. The monoisotopic (exact) mass is 419 g/mol. The number of amides is 1. The Kier molecular flexibility index (Phi) is 4.58. The molecule has 150 valence electrons. The quantitative estimate of drug-likeness (QED) is 0.702. The third kappa shape index (κ3) is 3.46. The van der Waals surface area contributed by atoms with Gasteiger partial charge in [-0.25, -0.2) is 21.9 Å². The number of halogens is 2. The summed E-state index contributed by atoms with van der Waals surface area (Å²) in [7, 11) is -1.90. The number of carbonyl (C=O) groups excluding carboxylic acids is 1. The molecule has 0 atom stereocenters. The van der Waals surface area contributed by atoms with Gasteiger partial charge >= 0.3 is 0 Å². The Morgan fingerprint density at radius 3 is 2.38 bits per heavy atom. The second kappa shape index (κ2) is 6.96. The molecule has 2 heterocycles. The van der Waals surface area contributed by atoms with Crippen molar-refractivity contribution in [1.82, 2.24) is 9.78 Å². The fourth-order valence-corrected chi connectivity index (χ4v) is 4.66. The first-order valence-electron chi connectivity index (χ1n) is 8.50. The van der Waals surface area contributed by atoms with Gasteiger partial charge in [0.05, 0.1) is 30.0 Å². The molecule has 0 aliphatic carbocycles. The number of benzene rings is 2. The highest BCUT2D eigenvalue weighted by Crippen LogP contribution is 2.33. The lowest BCUT2D eigenvalue weighted by atomic mass is 10.1. The van der Waals surface area contributed by atoms with E-state index in [-0.39, 0.29) is 23.0 Å². The van der Waals surface area contributed by atoms with Crippen LogP contribution in [0.4, 0.5) is 14.6 Å². The van der Waals surface area contributed by atoms with E-state index in [1.807, 2.05) is 0 Å². The number of methoxy groups -OCH3 is 1. The van der Waals surface area contributed by atoms with Gasteiger partial charge in [0, 0.05) is 5.56 Å². The number of sulfone groups is 1. The van der Waals surface area contributed by atoms with Crippen LogP contribution >= 0.6 is 0 Å². The Morgan fingerprint density at radius 1 is 1.10 bits per heavy atom. The minimum atomic E-state index is -3.41. The highest BCUT2D eigenvalue weighted by molar-refractivity contribution is 7.90. The molecule has 2 aromatic carbocycles. The van der Waals surface area contributed by atoms with Gasteiger partial charge in [0.15, 0.2) is 9.84 Å². The Labute approximate surface area is 164 Å². The molecule has 0 spiro atoms. The first-order chi connectivity index (χ1) is 13.8. The molecule has 0 unspecified atom stereocenters. The number of rotatable bonds is 4. The highest BCUT2D eigenvalue weighted by atomic mass is 32.2. The van der Waals surface area contributed by atoms with Crippen molar-refractivity contribution < 1.29 is 26.7 Å². The van der Waals surface area contributed by atoms with E-state index < -0.39 is 32.9 Å². The molecule has 0 bridgehead atoms. The maximum Gasteiger partial charge on any atom is 0.262 e. The van der Waals surface area contributed by atoms with Gasteiger partial charge in [0.2, 0.25) is 0 Å². The second-order valence-electron chi connectivity index (χ2n) is 6.47. The third-order valence-corrected chi connectivity index (χ3v) is 5.97. The average molecular weight is 419 g/mol. The molecule has 10 heteroatoms. The lowest BCUT2D eigenvalue weighted by Gasteiger charge is -2.12. The van der Waals surface area contributed by atoms with Crippen LogP contribution in [0.1, 0.15) is 21.6 Å². The molecule has 1 N–H and O–H groups in total. The highest BCUT2D eigenvalue weighted by Gasteiger charge is 2.33. The number of hydrogen-bond acceptors (Lipinski definition) is 5. The summed E-state index contributed by atoms with van der Waals surface area (Å²) in [6, 6.07) is 9.74. The van der Waals surface area contributed by atoms with Gasteiger partial charge < -0.3 is 10.1 Å². The predicted molar refractivity (Wildman–Crippen MR) is 101 cm³/mol. The van der Waals surface area contributed by atoms with Crippen LogP contribution in [0.15, 0.2) is 42.5 Å². The van der Waals surface area contributed by atoms with Crippen LogP contribution in [0.25, 0.3) is 5.69 Å². The molecule has 1 aliphatic rings. The van der Waals surface area contributed by atoms with Crippen LogP contribution in [-0.4, -0.2) is 31.2 Å². The predicted octanol–water partition coefficient (Wildman–Crippen LogP) is 2.84. The van der Waals surface area contributed by atoms with Crippen LogP contribution in [0.2, 0.25) is 0 Å². The van der Waals surface area contributed by atoms with Crippen molar-refractivity contribution in [3.05, 3.63) is 70.9 Å². The topological polar surface area (TPSA) is 90.3 Å². The molecular formula is C19H15F2N3O4S.